The van der Waals surface area contributed by atoms with Crippen LogP contribution >= 0.6 is 0 Å². The lowest BCUT2D eigenvalue weighted by molar-refractivity contribution is -0.0641. The molecule has 2 saturated carbocycles. The summed E-state index contributed by atoms with van der Waals surface area (Å²) in [5.41, 5.74) is -0.852. The monoisotopic (exact) mass is 313 g/mol. The van der Waals surface area contributed by atoms with Gasteiger partial charge in [0.25, 0.3) is 0 Å². The van der Waals surface area contributed by atoms with Crippen LogP contribution < -0.4 is 0 Å². The topological polar surface area (TPSA) is 63.9 Å². The van der Waals surface area contributed by atoms with E-state index in [4.69, 9.17) is 0 Å². The molecule has 0 amide bonds. The van der Waals surface area contributed by atoms with Crippen LogP contribution in [0.3, 0.4) is 0 Å². The Bertz CT molecular complexity index is 266. The lowest BCUT2D eigenvalue weighted by Crippen LogP contribution is -2.59. The number of aliphatic hydroxyl groups is 3. The SMILES string of the molecule is OCC(CO)(CO)N(CC1CCCCC1)CC1CCCCC1. The molecular formula is C18H35NO3. The van der Waals surface area contributed by atoms with Crippen molar-refractivity contribution in [3.63, 3.8) is 0 Å². The summed E-state index contributed by atoms with van der Waals surface area (Å²) in [7, 11) is 0. The van der Waals surface area contributed by atoms with Crippen molar-refractivity contribution in [1.82, 2.24) is 4.90 Å². The van der Waals surface area contributed by atoms with Gasteiger partial charge in [0.15, 0.2) is 0 Å². The van der Waals surface area contributed by atoms with Crippen LogP contribution in [0.25, 0.3) is 0 Å². The molecule has 0 unspecified atom stereocenters. The summed E-state index contributed by atoms with van der Waals surface area (Å²) in [4.78, 5) is 2.24. The second-order valence-corrected chi connectivity index (χ2v) is 7.61. The molecular weight excluding hydrogens is 278 g/mol. The van der Waals surface area contributed by atoms with E-state index in [0.717, 1.165) is 13.1 Å². The van der Waals surface area contributed by atoms with Crippen molar-refractivity contribution < 1.29 is 15.3 Å². The van der Waals surface area contributed by atoms with Crippen LogP contribution in [0.5, 0.6) is 0 Å². The molecule has 0 heterocycles. The van der Waals surface area contributed by atoms with Crippen LogP contribution in [0.1, 0.15) is 64.2 Å². The van der Waals surface area contributed by atoms with Crippen LogP contribution in [-0.4, -0.2) is 58.7 Å². The third-order valence-electron chi connectivity index (χ3n) is 5.96. The Morgan fingerprint density at radius 1 is 0.636 bits per heavy atom. The largest absolute Gasteiger partial charge is 0.394 e. The fraction of sp³-hybridized carbons (Fsp3) is 1.00. The van der Waals surface area contributed by atoms with Gasteiger partial charge >= 0.3 is 0 Å². The van der Waals surface area contributed by atoms with Crippen molar-refractivity contribution in [2.45, 2.75) is 69.7 Å². The first kappa shape index (κ1) is 18.2. The van der Waals surface area contributed by atoms with E-state index in [1.807, 2.05) is 0 Å². The Morgan fingerprint density at radius 3 is 1.32 bits per heavy atom. The molecule has 2 rings (SSSR count). The maximum atomic E-state index is 9.84. The van der Waals surface area contributed by atoms with E-state index in [2.05, 4.69) is 4.90 Å². The molecule has 0 aromatic rings. The molecule has 0 aliphatic heterocycles. The zero-order valence-corrected chi connectivity index (χ0v) is 14.1. The van der Waals surface area contributed by atoms with Gasteiger partial charge < -0.3 is 15.3 Å². The molecule has 0 spiro atoms. The van der Waals surface area contributed by atoms with E-state index in [0.29, 0.717) is 11.8 Å². The summed E-state index contributed by atoms with van der Waals surface area (Å²) in [6.45, 7) is 1.33. The van der Waals surface area contributed by atoms with Gasteiger partial charge in [0, 0.05) is 13.1 Å². The summed E-state index contributed by atoms with van der Waals surface area (Å²) in [6.07, 6.45) is 12.9. The van der Waals surface area contributed by atoms with Crippen molar-refractivity contribution in [2.24, 2.45) is 11.8 Å². The average Bonchev–Trinajstić information content (AvgIpc) is 2.59. The van der Waals surface area contributed by atoms with Gasteiger partial charge in [-0.25, -0.2) is 0 Å². The predicted octanol–water partition coefficient (Wildman–Crippen LogP) is 2.16. The first-order valence-corrected chi connectivity index (χ1v) is 9.31. The maximum absolute atomic E-state index is 9.84. The Kier molecular flexibility index (Phi) is 7.61. The summed E-state index contributed by atoms with van der Waals surface area (Å²) in [6, 6.07) is 0. The molecule has 0 radical (unpaired) electrons. The highest BCUT2D eigenvalue weighted by Crippen LogP contribution is 2.30. The van der Waals surface area contributed by atoms with Gasteiger partial charge in [-0.05, 0) is 37.5 Å². The fourth-order valence-corrected chi connectivity index (χ4v) is 4.27. The lowest BCUT2D eigenvalue weighted by atomic mass is 9.84. The molecule has 2 fully saturated rings. The van der Waals surface area contributed by atoms with E-state index in [1.54, 1.807) is 0 Å². The molecule has 0 bridgehead atoms. The summed E-state index contributed by atoms with van der Waals surface area (Å²) in [5, 5.41) is 29.5. The van der Waals surface area contributed by atoms with Gasteiger partial charge in [-0.2, -0.15) is 0 Å². The fourth-order valence-electron chi connectivity index (χ4n) is 4.27. The standard InChI is InChI=1S/C18H35NO3/c20-13-18(14-21,15-22)19(11-16-7-3-1-4-8-16)12-17-9-5-2-6-10-17/h16-17,20-22H,1-15H2. The Morgan fingerprint density at radius 2 is 1.00 bits per heavy atom. The van der Waals surface area contributed by atoms with Gasteiger partial charge in [-0.1, -0.05) is 38.5 Å². The van der Waals surface area contributed by atoms with E-state index >= 15 is 0 Å². The van der Waals surface area contributed by atoms with Crippen molar-refractivity contribution in [3.05, 3.63) is 0 Å². The van der Waals surface area contributed by atoms with E-state index in [9.17, 15) is 15.3 Å². The van der Waals surface area contributed by atoms with Gasteiger partial charge in [0.05, 0.1) is 25.4 Å². The van der Waals surface area contributed by atoms with E-state index in [1.165, 1.54) is 64.2 Å². The Balaban J connectivity index is 2.03. The predicted molar refractivity (Wildman–Crippen MR) is 88.7 cm³/mol. The molecule has 22 heavy (non-hydrogen) atoms. The van der Waals surface area contributed by atoms with Crippen LogP contribution in [0.4, 0.5) is 0 Å². The number of rotatable bonds is 8. The number of aliphatic hydroxyl groups excluding tert-OH is 3. The Labute approximate surface area is 135 Å². The summed E-state index contributed by atoms with van der Waals surface area (Å²) in [5.74, 6) is 1.31. The van der Waals surface area contributed by atoms with Crippen LogP contribution in [0, 0.1) is 11.8 Å². The molecule has 2 aliphatic rings. The van der Waals surface area contributed by atoms with Gasteiger partial charge in [0.1, 0.15) is 0 Å². The molecule has 3 N–H and O–H groups in total. The number of nitrogens with zero attached hydrogens (tertiary/aromatic N) is 1. The van der Waals surface area contributed by atoms with Crippen LogP contribution in [0.2, 0.25) is 0 Å². The van der Waals surface area contributed by atoms with Gasteiger partial charge in [-0.15, -0.1) is 0 Å². The van der Waals surface area contributed by atoms with Crippen molar-refractivity contribution in [3.8, 4) is 0 Å². The third kappa shape index (κ3) is 4.67. The molecule has 0 atom stereocenters. The van der Waals surface area contributed by atoms with Crippen molar-refractivity contribution in [2.75, 3.05) is 32.9 Å². The second-order valence-electron chi connectivity index (χ2n) is 7.61. The highest BCUT2D eigenvalue weighted by atomic mass is 16.3. The molecule has 4 heteroatoms. The van der Waals surface area contributed by atoms with Crippen LogP contribution in [0.15, 0.2) is 0 Å². The van der Waals surface area contributed by atoms with Gasteiger partial charge in [0.2, 0.25) is 0 Å². The highest BCUT2D eigenvalue weighted by molar-refractivity contribution is 4.92. The smallest absolute Gasteiger partial charge is 0.0906 e. The molecule has 4 nitrogen and oxygen atoms in total. The first-order valence-electron chi connectivity index (χ1n) is 9.31. The second kappa shape index (κ2) is 9.21. The zero-order valence-electron chi connectivity index (χ0n) is 14.1. The maximum Gasteiger partial charge on any atom is 0.0906 e. The van der Waals surface area contributed by atoms with E-state index in [-0.39, 0.29) is 19.8 Å². The number of hydrogen-bond acceptors (Lipinski definition) is 4. The number of hydrogen-bond donors (Lipinski definition) is 3. The third-order valence-corrected chi connectivity index (χ3v) is 5.96. The minimum Gasteiger partial charge on any atom is -0.394 e. The molecule has 0 aromatic carbocycles. The highest BCUT2D eigenvalue weighted by Gasteiger charge is 2.37. The normalized spacial score (nSPS) is 22.4. The minimum absolute atomic E-state index is 0.167. The van der Waals surface area contributed by atoms with Gasteiger partial charge in [-0.3, -0.25) is 4.90 Å². The molecule has 0 saturated heterocycles. The van der Waals surface area contributed by atoms with Crippen molar-refractivity contribution >= 4 is 0 Å². The van der Waals surface area contributed by atoms with E-state index < -0.39 is 5.54 Å². The first-order chi connectivity index (χ1) is 10.7. The molecule has 0 aromatic heterocycles. The zero-order chi connectivity index (χ0) is 15.8. The quantitative estimate of drug-likeness (QED) is 0.642. The lowest BCUT2D eigenvalue weighted by Gasteiger charge is -2.44. The molecule has 2 aliphatic carbocycles. The molecule has 130 valence electrons. The summed E-state index contributed by atoms with van der Waals surface area (Å²) >= 11 is 0. The minimum atomic E-state index is -0.852. The van der Waals surface area contributed by atoms with Crippen LogP contribution in [-0.2, 0) is 0 Å². The Hall–Kier alpha value is -0.160. The van der Waals surface area contributed by atoms with Crippen molar-refractivity contribution in [1.29, 1.82) is 0 Å². The summed E-state index contributed by atoms with van der Waals surface area (Å²) < 4.78 is 0. The average molecular weight is 313 g/mol.